The second-order valence-electron chi connectivity index (χ2n) is 4.39. The summed E-state index contributed by atoms with van der Waals surface area (Å²) in [4.78, 5) is 22.7. The number of hydrogen-bond acceptors (Lipinski definition) is 3. The molecule has 6 heteroatoms. The van der Waals surface area contributed by atoms with Crippen LogP contribution in [0.5, 0.6) is 0 Å². The van der Waals surface area contributed by atoms with Crippen molar-refractivity contribution in [2.75, 3.05) is 6.61 Å². The molecule has 0 bridgehead atoms. The first-order valence-electron chi connectivity index (χ1n) is 6.54. The zero-order valence-corrected chi connectivity index (χ0v) is 11.4. The van der Waals surface area contributed by atoms with Gasteiger partial charge in [0.1, 0.15) is 6.04 Å². The van der Waals surface area contributed by atoms with Gasteiger partial charge in [-0.05, 0) is 12.0 Å². The number of aliphatic hydroxyl groups is 1. The molecule has 2 atom stereocenters. The minimum absolute atomic E-state index is 0.0229. The van der Waals surface area contributed by atoms with E-state index in [0.29, 0.717) is 6.42 Å². The Balaban J connectivity index is 2.61. The molecule has 6 nitrogen and oxygen atoms in total. The SMILES string of the molecule is CCC(NC(=O)N[C@@H](CCO)C(=O)O)c1ccccc1. The first-order valence-corrected chi connectivity index (χ1v) is 6.54. The molecule has 20 heavy (non-hydrogen) atoms. The van der Waals surface area contributed by atoms with Gasteiger partial charge in [0.15, 0.2) is 0 Å². The number of hydrogen-bond donors (Lipinski definition) is 4. The summed E-state index contributed by atoms with van der Waals surface area (Å²) >= 11 is 0. The average molecular weight is 280 g/mol. The first-order chi connectivity index (χ1) is 9.58. The maximum atomic E-state index is 11.8. The fourth-order valence-corrected chi connectivity index (χ4v) is 1.85. The summed E-state index contributed by atoms with van der Waals surface area (Å²) in [6.45, 7) is 1.63. The summed E-state index contributed by atoms with van der Waals surface area (Å²) in [5, 5.41) is 22.8. The van der Waals surface area contributed by atoms with Crippen molar-refractivity contribution in [3.63, 3.8) is 0 Å². The Kier molecular flexibility index (Phi) is 6.52. The molecule has 0 spiro atoms. The van der Waals surface area contributed by atoms with E-state index in [1.807, 2.05) is 37.3 Å². The lowest BCUT2D eigenvalue weighted by atomic mass is 10.1. The summed E-state index contributed by atoms with van der Waals surface area (Å²) in [5.41, 5.74) is 0.958. The van der Waals surface area contributed by atoms with Crippen molar-refractivity contribution in [1.82, 2.24) is 10.6 Å². The number of carbonyl (C=O) groups excluding carboxylic acids is 1. The van der Waals surface area contributed by atoms with Crippen LogP contribution in [0.2, 0.25) is 0 Å². The van der Waals surface area contributed by atoms with Gasteiger partial charge < -0.3 is 20.8 Å². The smallest absolute Gasteiger partial charge is 0.326 e. The van der Waals surface area contributed by atoms with Crippen molar-refractivity contribution < 1.29 is 19.8 Å². The molecule has 0 saturated heterocycles. The monoisotopic (exact) mass is 280 g/mol. The molecule has 0 aliphatic heterocycles. The zero-order valence-electron chi connectivity index (χ0n) is 11.4. The topological polar surface area (TPSA) is 98.7 Å². The molecule has 0 fully saturated rings. The third kappa shape index (κ3) is 4.89. The molecular weight excluding hydrogens is 260 g/mol. The molecule has 0 aliphatic rings. The van der Waals surface area contributed by atoms with Gasteiger partial charge in [0.25, 0.3) is 0 Å². The van der Waals surface area contributed by atoms with Crippen LogP contribution in [0.4, 0.5) is 4.79 Å². The number of benzene rings is 1. The Labute approximate surface area is 117 Å². The number of amides is 2. The third-order valence-corrected chi connectivity index (χ3v) is 2.94. The van der Waals surface area contributed by atoms with Crippen molar-refractivity contribution in [2.45, 2.75) is 31.8 Å². The van der Waals surface area contributed by atoms with E-state index in [9.17, 15) is 9.59 Å². The van der Waals surface area contributed by atoms with Crippen LogP contribution in [0.3, 0.4) is 0 Å². The Hall–Kier alpha value is -2.08. The molecule has 0 radical (unpaired) electrons. The van der Waals surface area contributed by atoms with E-state index in [-0.39, 0.29) is 19.1 Å². The predicted octanol–water partition coefficient (Wildman–Crippen LogP) is 1.27. The van der Waals surface area contributed by atoms with Crippen molar-refractivity contribution in [3.05, 3.63) is 35.9 Å². The highest BCUT2D eigenvalue weighted by Gasteiger charge is 2.20. The fourth-order valence-electron chi connectivity index (χ4n) is 1.85. The molecule has 0 saturated carbocycles. The number of carboxylic acids is 1. The maximum Gasteiger partial charge on any atom is 0.326 e. The second-order valence-corrected chi connectivity index (χ2v) is 4.39. The van der Waals surface area contributed by atoms with Crippen molar-refractivity contribution in [3.8, 4) is 0 Å². The number of nitrogens with one attached hydrogen (secondary N) is 2. The normalized spacial score (nSPS) is 13.3. The average Bonchev–Trinajstić information content (AvgIpc) is 2.45. The van der Waals surface area contributed by atoms with Gasteiger partial charge in [0.2, 0.25) is 0 Å². The minimum Gasteiger partial charge on any atom is -0.480 e. The molecule has 1 rings (SSSR count). The third-order valence-electron chi connectivity index (χ3n) is 2.94. The lowest BCUT2D eigenvalue weighted by molar-refractivity contribution is -0.139. The van der Waals surface area contributed by atoms with E-state index in [1.165, 1.54) is 0 Å². The van der Waals surface area contributed by atoms with Crippen LogP contribution in [0, 0.1) is 0 Å². The Morgan fingerprint density at radius 2 is 1.85 bits per heavy atom. The highest BCUT2D eigenvalue weighted by atomic mass is 16.4. The Bertz CT molecular complexity index is 436. The molecule has 0 aromatic heterocycles. The first kappa shape index (κ1) is 16.0. The standard InChI is InChI=1S/C14H20N2O4/c1-2-11(10-6-4-3-5-7-10)15-14(20)16-12(8-9-17)13(18)19/h3-7,11-12,17H,2,8-9H2,1H3,(H,18,19)(H2,15,16,20)/t11?,12-/m0/s1. The molecule has 0 aliphatic carbocycles. The van der Waals surface area contributed by atoms with E-state index in [4.69, 9.17) is 10.2 Å². The molecule has 2 amide bonds. The highest BCUT2D eigenvalue weighted by Crippen LogP contribution is 2.15. The Morgan fingerprint density at radius 1 is 1.20 bits per heavy atom. The fraction of sp³-hybridized carbons (Fsp3) is 0.429. The van der Waals surface area contributed by atoms with Gasteiger partial charge in [0.05, 0.1) is 6.04 Å². The molecule has 1 aromatic rings. The van der Waals surface area contributed by atoms with E-state index >= 15 is 0 Å². The van der Waals surface area contributed by atoms with Crippen LogP contribution in [0.25, 0.3) is 0 Å². The van der Waals surface area contributed by atoms with Crippen LogP contribution in [-0.4, -0.2) is 34.9 Å². The summed E-state index contributed by atoms with van der Waals surface area (Å²) < 4.78 is 0. The van der Waals surface area contributed by atoms with E-state index in [0.717, 1.165) is 5.56 Å². The van der Waals surface area contributed by atoms with Gasteiger partial charge in [-0.1, -0.05) is 37.3 Å². The van der Waals surface area contributed by atoms with Gasteiger partial charge in [-0.2, -0.15) is 0 Å². The molecule has 1 aromatic carbocycles. The maximum absolute atomic E-state index is 11.8. The van der Waals surface area contributed by atoms with Crippen LogP contribution in [0.15, 0.2) is 30.3 Å². The van der Waals surface area contributed by atoms with Gasteiger partial charge in [-0.15, -0.1) is 0 Å². The van der Waals surface area contributed by atoms with Gasteiger partial charge in [-0.3, -0.25) is 0 Å². The van der Waals surface area contributed by atoms with Gasteiger partial charge >= 0.3 is 12.0 Å². The molecular formula is C14H20N2O4. The minimum atomic E-state index is -1.16. The summed E-state index contributed by atoms with van der Waals surface area (Å²) in [7, 11) is 0. The van der Waals surface area contributed by atoms with E-state index < -0.39 is 18.0 Å². The molecule has 0 heterocycles. The summed E-state index contributed by atoms with van der Waals surface area (Å²) in [6.07, 6.45) is 0.667. The van der Waals surface area contributed by atoms with E-state index in [2.05, 4.69) is 10.6 Å². The predicted molar refractivity (Wildman–Crippen MR) is 74.3 cm³/mol. The lowest BCUT2D eigenvalue weighted by Crippen LogP contribution is -2.47. The van der Waals surface area contributed by atoms with Gasteiger partial charge in [-0.25, -0.2) is 9.59 Å². The number of rotatable bonds is 7. The quantitative estimate of drug-likeness (QED) is 0.604. The number of carboxylic acid groups (broad SMARTS) is 1. The molecule has 110 valence electrons. The van der Waals surface area contributed by atoms with Crippen molar-refractivity contribution >= 4 is 12.0 Å². The van der Waals surface area contributed by atoms with E-state index in [1.54, 1.807) is 0 Å². The highest BCUT2D eigenvalue weighted by molar-refractivity contribution is 5.82. The lowest BCUT2D eigenvalue weighted by Gasteiger charge is -2.20. The summed E-state index contributed by atoms with van der Waals surface area (Å²) in [6, 6.07) is 7.62. The summed E-state index contributed by atoms with van der Waals surface area (Å²) in [5.74, 6) is -1.16. The van der Waals surface area contributed by atoms with Crippen LogP contribution < -0.4 is 10.6 Å². The number of aliphatic carboxylic acids is 1. The number of aliphatic hydroxyl groups excluding tert-OH is 1. The zero-order chi connectivity index (χ0) is 15.0. The van der Waals surface area contributed by atoms with Crippen LogP contribution in [-0.2, 0) is 4.79 Å². The Morgan fingerprint density at radius 3 is 2.35 bits per heavy atom. The second kappa shape index (κ2) is 8.16. The molecule has 4 N–H and O–H groups in total. The largest absolute Gasteiger partial charge is 0.480 e. The van der Waals surface area contributed by atoms with Crippen LogP contribution >= 0.6 is 0 Å². The number of carbonyl (C=O) groups is 2. The van der Waals surface area contributed by atoms with Crippen LogP contribution in [0.1, 0.15) is 31.4 Å². The van der Waals surface area contributed by atoms with Crippen molar-refractivity contribution in [2.24, 2.45) is 0 Å². The van der Waals surface area contributed by atoms with Crippen molar-refractivity contribution in [1.29, 1.82) is 0 Å². The molecule has 1 unspecified atom stereocenters. The van der Waals surface area contributed by atoms with Gasteiger partial charge in [0, 0.05) is 13.0 Å². The number of urea groups is 1.